The van der Waals surface area contributed by atoms with Crippen LogP contribution in [0.3, 0.4) is 0 Å². The lowest BCUT2D eigenvalue weighted by atomic mass is 9.95. The molecule has 3 aromatic rings. The number of piperidine rings is 1. The van der Waals surface area contributed by atoms with Crippen LogP contribution in [0.5, 0.6) is 0 Å². The Balaban J connectivity index is 0.00000210. The number of pyridine rings is 1. The summed E-state index contributed by atoms with van der Waals surface area (Å²) in [6.45, 7) is 4.22. The number of fused-ring (bicyclic) bond motifs is 2. The summed E-state index contributed by atoms with van der Waals surface area (Å²) in [6.07, 6.45) is 0.943. The van der Waals surface area contributed by atoms with Gasteiger partial charge in [0.1, 0.15) is 6.54 Å². The van der Waals surface area contributed by atoms with E-state index in [1.807, 2.05) is 53.1 Å². The van der Waals surface area contributed by atoms with Crippen molar-refractivity contribution in [1.82, 2.24) is 15.2 Å². The van der Waals surface area contributed by atoms with Crippen molar-refractivity contribution < 1.29 is 4.79 Å². The van der Waals surface area contributed by atoms with Gasteiger partial charge in [0, 0.05) is 16.8 Å². The maximum atomic E-state index is 12.8. The summed E-state index contributed by atoms with van der Waals surface area (Å²) in [6, 6.07) is 15.2. The molecule has 1 aliphatic rings. The van der Waals surface area contributed by atoms with Crippen LogP contribution in [0.4, 0.5) is 0 Å². The zero-order chi connectivity index (χ0) is 18.1. The van der Waals surface area contributed by atoms with Gasteiger partial charge in [-0.3, -0.25) is 9.59 Å². The molecule has 0 radical (unpaired) electrons. The molecule has 1 amide bonds. The number of nitrogens with zero attached hydrogens (tertiary/aromatic N) is 1. The fraction of sp³-hybridized carbons (Fsp3) is 0.333. The Morgan fingerprint density at radius 2 is 1.70 bits per heavy atom. The molecule has 2 N–H and O–H groups in total. The molecule has 2 heterocycles. The lowest BCUT2D eigenvalue weighted by molar-refractivity contribution is -0.122. The standard InChI is InChI=1S/C21H23N3O2.ClH/c1-14-12-22-11-10-17(14)23-20(25)13-24-18-8-4-2-6-15(18)21(26)16-7-3-5-9-19(16)24;/h2-9,14,17,22H,10-13H2,1H3,(H,23,25);1H. The van der Waals surface area contributed by atoms with E-state index in [1.165, 1.54) is 0 Å². The van der Waals surface area contributed by atoms with Gasteiger partial charge in [-0.15, -0.1) is 12.4 Å². The second-order valence-electron chi connectivity index (χ2n) is 7.09. The molecule has 2 atom stereocenters. The van der Waals surface area contributed by atoms with Crippen LogP contribution in [-0.4, -0.2) is 29.6 Å². The Labute approximate surface area is 164 Å². The molecule has 6 heteroatoms. The number of benzene rings is 2. The number of hydrogen-bond acceptors (Lipinski definition) is 3. The number of nitrogens with one attached hydrogen (secondary N) is 2. The predicted molar refractivity (Wildman–Crippen MR) is 112 cm³/mol. The Morgan fingerprint density at radius 1 is 1.11 bits per heavy atom. The van der Waals surface area contributed by atoms with Crippen molar-refractivity contribution in [2.75, 3.05) is 13.1 Å². The van der Waals surface area contributed by atoms with Gasteiger partial charge in [0.05, 0.1) is 11.0 Å². The predicted octanol–water partition coefficient (Wildman–Crippen LogP) is 2.69. The van der Waals surface area contributed by atoms with Gasteiger partial charge in [-0.05, 0) is 49.7 Å². The number of carbonyl (C=O) groups is 1. The van der Waals surface area contributed by atoms with E-state index in [1.54, 1.807) is 0 Å². The fourth-order valence-corrected chi connectivity index (χ4v) is 3.87. The second-order valence-corrected chi connectivity index (χ2v) is 7.09. The summed E-state index contributed by atoms with van der Waals surface area (Å²) in [4.78, 5) is 25.5. The van der Waals surface area contributed by atoms with Gasteiger partial charge in [0.25, 0.3) is 0 Å². The minimum atomic E-state index is -0.0114. The summed E-state index contributed by atoms with van der Waals surface area (Å²) in [5, 5.41) is 7.83. The largest absolute Gasteiger partial charge is 0.351 e. The van der Waals surface area contributed by atoms with E-state index in [2.05, 4.69) is 17.6 Å². The zero-order valence-corrected chi connectivity index (χ0v) is 16.1. The maximum Gasteiger partial charge on any atom is 0.240 e. The fourth-order valence-electron chi connectivity index (χ4n) is 3.87. The molecule has 0 spiro atoms. The van der Waals surface area contributed by atoms with Crippen molar-refractivity contribution in [3.8, 4) is 0 Å². The summed E-state index contributed by atoms with van der Waals surface area (Å²) < 4.78 is 1.95. The Kier molecular flexibility index (Phi) is 5.82. The highest BCUT2D eigenvalue weighted by atomic mass is 35.5. The maximum absolute atomic E-state index is 12.8. The molecule has 0 saturated carbocycles. The molecule has 1 fully saturated rings. The first-order chi connectivity index (χ1) is 12.6. The lowest BCUT2D eigenvalue weighted by Gasteiger charge is -2.30. The zero-order valence-electron chi connectivity index (χ0n) is 15.3. The second kappa shape index (κ2) is 8.11. The Hall–Kier alpha value is -2.37. The Bertz CT molecular complexity index is 971. The monoisotopic (exact) mass is 385 g/mol. The van der Waals surface area contributed by atoms with E-state index in [4.69, 9.17) is 0 Å². The first-order valence-electron chi connectivity index (χ1n) is 9.15. The number of para-hydroxylation sites is 2. The van der Waals surface area contributed by atoms with Gasteiger partial charge in [-0.2, -0.15) is 0 Å². The smallest absolute Gasteiger partial charge is 0.240 e. The first kappa shape index (κ1) is 19.4. The van der Waals surface area contributed by atoms with Crippen LogP contribution in [0.1, 0.15) is 13.3 Å². The van der Waals surface area contributed by atoms with Gasteiger partial charge in [-0.1, -0.05) is 31.2 Å². The number of hydrogen-bond donors (Lipinski definition) is 2. The number of aromatic nitrogens is 1. The van der Waals surface area contributed by atoms with E-state index in [0.29, 0.717) is 16.7 Å². The third-order valence-corrected chi connectivity index (χ3v) is 5.31. The summed E-state index contributed by atoms with van der Waals surface area (Å²) >= 11 is 0. The van der Waals surface area contributed by atoms with Crippen molar-refractivity contribution in [3.05, 3.63) is 58.8 Å². The molecule has 1 saturated heterocycles. The van der Waals surface area contributed by atoms with E-state index in [-0.39, 0.29) is 36.3 Å². The SMILES string of the molecule is CC1CNCCC1NC(=O)Cn1c2ccccc2c(=O)c2ccccc21.Cl. The normalized spacial score (nSPS) is 19.6. The van der Waals surface area contributed by atoms with Crippen molar-refractivity contribution in [1.29, 1.82) is 0 Å². The van der Waals surface area contributed by atoms with E-state index >= 15 is 0 Å². The van der Waals surface area contributed by atoms with Crippen molar-refractivity contribution in [3.63, 3.8) is 0 Å². The molecule has 2 aromatic carbocycles. The first-order valence-corrected chi connectivity index (χ1v) is 9.15. The molecular formula is C21H24ClN3O2. The van der Waals surface area contributed by atoms with Gasteiger partial charge in [0.15, 0.2) is 5.43 Å². The molecule has 1 aliphatic heterocycles. The van der Waals surface area contributed by atoms with Crippen LogP contribution in [0, 0.1) is 5.92 Å². The Morgan fingerprint density at radius 3 is 2.30 bits per heavy atom. The van der Waals surface area contributed by atoms with Gasteiger partial charge < -0.3 is 15.2 Å². The molecule has 5 nitrogen and oxygen atoms in total. The number of halogens is 1. The summed E-state index contributed by atoms with van der Waals surface area (Å²) in [5.74, 6) is 0.401. The third kappa shape index (κ3) is 3.70. The van der Waals surface area contributed by atoms with Crippen molar-refractivity contribution in [2.24, 2.45) is 5.92 Å². The summed E-state index contributed by atoms with van der Waals surface area (Å²) in [7, 11) is 0. The van der Waals surface area contributed by atoms with Crippen LogP contribution in [0.15, 0.2) is 53.3 Å². The molecule has 142 valence electrons. The van der Waals surface area contributed by atoms with E-state index in [9.17, 15) is 9.59 Å². The highest BCUT2D eigenvalue weighted by Gasteiger charge is 2.23. The molecular weight excluding hydrogens is 362 g/mol. The van der Waals surface area contributed by atoms with Crippen molar-refractivity contribution >= 4 is 40.1 Å². The molecule has 0 aliphatic carbocycles. The molecule has 0 bridgehead atoms. The van der Waals surface area contributed by atoms with Crippen LogP contribution in [0.2, 0.25) is 0 Å². The van der Waals surface area contributed by atoms with Crippen LogP contribution >= 0.6 is 12.4 Å². The molecule has 1 aromatic heterocycles. The van der Waals surface area contributed by atoms with E-state index in [0.717, 1.165) is 30.5 Å². The highest BCUT2D eigenvalue weighted by molar-refractivity contribution is 5.94. The van der Waals surface area contributed by atoms with E-state index < -0.39 is 0 Å². The number of carbonyl (C=O) groups excluding carboxylic acids is 1. The number of rotatable bonds is 3. The lowest BCUT2D eigenvalue weighted by Crippen LogP contribution is -2.49. The minimum Gasteiger partial charge on any atom is -0.351 e. The molecule has 4 rings (SSSR count). The third-order valence-electron chi connectivity index (χ3n) is 5.31. The quantitative estimate of drug-likeness (QED) is 0.681. The average molecular weight is 386 g/mol. The molecule has 27 heavy (non-hydrogen) atoms. The van der Waals surface area contributed by atoms with Gasteiger partial charge in [0.2, 0.25) is 5.91 Å². The average Bonchev–Trinajstić information content (AvgIpc) is 2.67. The van der Waals surface area contributed by atoms with Gasteiger partial charge in [-0.25, -0.2) is 0 Å². The van der Waals surface area contributed by atoms with Gasteiger partial charge >= 0.3 is 0 Å². The highest BCUT2D eigenvalue weighted by Crippen LogP contribution is 2.19. The van der Waals surface area contributed by atoms with Crippen LogP contribution in [0.25, 0.3) is 21.8 Å². The molecule has 2 unspecified atom stereocenters. The summed E-state index contributed by atoms with van der Waals surface area (Å²) in [5.41, 5.74) is 1.61. The van der Waals surface area contributed by atoms with Crippen LogP contribution in [-0.2, 0) is 11.3 Å². The van der Waals surface area contributed by atoms with Crippen molar-refractivity contribution in [2.45, 2.75) is 25.9 Å². The number of amides is 1. The topological polar surface area (TPSA) is 63.1 Å². The van der Waals surface area contributed by atoms with Crippen LogP contribution < -0.4 is 16.1 Å². The minimum absolute atomic E-state index is 0.